The summed E-state index contributed by atoms with van der Waals surface area (Å²) in [4.78, 5) is 16.9. The summed E-state index contributed by atoms with van der Waals surface area (Å²) in [5, 5.41) is 0. The fourth-order valence-corrected chi connectivity index (χ4v) is 2.77. The third-order valence-electron chi connectivity index (χ3n) is 4.03. The molecule has 0 atom stereocenters. The van der Waals surface area contributed by atoms with Crippen LogP contribution in [0.3, 0.4) is 0 Å². The van der Waals surface area contributed by atoms with E-state index in [1.807, 2.05) is 30.0 Å². The van der Waals surface area contributed by atoms with E-state index in [0.29, 0.717) is 0 Å². The third kappa shape index (κ3) is 3.00. The molecule has 1 aromatic rings. The Morgan fingerprint density at radius 3 is 2.63 bits per heavy atom. The van der Waals surface area contributed by atoms with Crippen LogP contribution in [0.2, 0.25) is 0 Å². The van der Waals surface area contributed by atoms with Gasteiger partial charge in [-0.15, -0.1) is 0 Å². The zero-order valence-corrected chi connectivity index (χ0v) is 13.6. The number of hydrogen-bond donors (Lipinski definition) is 0. The van der Waals surface area contributed by atoms with Gasteiger partial charge < -0.3 is 4.90 Å². The van der Waals surface area contributed by atoms with Gasteiger partial charge in [0.15, 0.2) is 0 Å². The maximum Gasteiger partial charge on any atom is 0.254 e. The van der Waals surface area contributed by atoms with Crippen LogP contribution in [0, 0.1) is 6.92 Å². The molecule has 1 aliphatic rings. The van der Waals surface area contributed by atoms with Crippen LogP contribution in [-0.2, 0) is 0 Å². The summed E-state index contributed by atoms with van der Waals surface area (Å²) in [5.74, 6) is 0.139. The van der Waals surface area contributed by atoms with Crippen molar-refractivity contribution >= 4 is 21.8 Å². The summed E-state index contributed by atoms with van der Waals surface area (Å²) in [7, 11) is 2.12. The van der Waals surface area contributed by atoms with Gasteiger partial charge in [-0.3, -0.25) is 9.69 Å². The average Bonchev–Trinajstić information content (AvgIpc) is 2.35. The molecule has 0 aromatic heterocycles. The number of carbonyl (C=O) groups is 1. The van der Waals surface area contributed by atoms with Crippen molar-refractivity contribution in [2.24, 2.45) is 0 Å². The van der Waals surface area contributed by atoms with Gasteiger partial charge in [-0.25, -0.2) is 0 Å². The quantitative estimate of drug-likeness (QED) is 0.793. The van der Waals surface area contributed by atoms with Gasteiger partial charge in [-0.05, 0) is 45.5 Å². The van der Waals surface area contributed by atoms with Crippen molar-refractivity contribution in [2.75, 3.05) is 26.7 Å². The first-order chi connectivity index (χ1) is 8.81. The number of halogens is 1. The fraction of sp³-hybridized carbons (Fsp3) is 0.533. The molecule has 3 nitrogen and oxygen atoms in total. The van der Waals surface area contributed by atoms with Crippen LogP contribution in [0.4, 0.5) is 0 Å². The fourth-order valence-electron chi connectivity index (χ4n) is 2.41. The Morgan fingerprint density at radius 1 is 1.32 bits per heavy atom. The Labute approximate surface area is 123 Å². The van der Waals surface area contributed by atoms with Crippen molar-refractivity contribution in [3.8, 4) is 0 Å². The van der Waals surface area contributed by atoms with E-state index in [1.54, 1.807) is 0 Å². The second-order valence-electron chi connectivity index (χ2n) is 5.92. The molecule has 1 amide bonds. The van der Waals surface area contributed by atoms with E-state index in [2.05, 4.69) is 41.7 Å². The second-order valence-corrected chi connectivity index (χ2v) is 6.84. The molecule has 1 aromatic carbocycles. The minimum Gasteiger partial charge on any atom is -0.336 e. The van der Waals surface area contributed by atoms with Crippen molar-refractivity contribution < 1.29 is 4.79 Å². The van der Waals surface area contributed by atoms with Gasteiger partial charge in [0.05, 0.1) is 0 Å². The van der Waals surface area contributed by atoms with Crippen LogP contribution in [0.15, 0.2) is 22.7 Å². The van der Waals surface area contributed by atoms with E-state index >= 15 is 0 Å². The molecule has 0 aliphatic carbocycles. The number of likely N-dealkylation sites (N-methyl/N-ethyl adjacent to an activating group) is 1. The van der Waals surface area contributed by atoms with E-state index in [4.69, 9.17) is 0 Å². The Bertz CT molecular complexity index is 499. The minimum absolute atomic E-state index is 0.0355. The van der Waals surface area contributed by atoms with Crippen LogP contribution in [0.1, 0.15) is 29.8 Å². The number of rotatable bonds is 1. The molecule has 104 valence electrons. The smallest absolute Gasteiger partial charge is 0.254 e. The maximum atomic E-state index is 12.7. The van der Waals surface area contributed by atoms with Crippen LogP contribution in [0.5, 0.6) is 0 Å². The summed E-state index contributed by atoms with van der Waals surface area (Å²) >= 11 is 3.44. The van der Waals surface area contributed by atoms with Gasteiger partial charge in [-0.2, -0.15) is 0 Å². The molecule has 0 saturated carbocycles. The van der Waals surface area contributed by atoms with Crippen LogP contribution in [0.25, 0.3) is 0 Å². The highest BCUT2D eigenvalue weighted by Gasteiger charge is 2.33. The number of hydrogen-bond acceptors (Lipinski definition) is 2. The van der Waals surface area contributed by atoms with E-state index in [-0.39, 0.29) is 11.4 Å². The van der Waals surface area contributed by atoms with Gasteiger partial charge in [0, 0.05) is 35.2 Å². The van der Waals surface area contributed by atoms with Crippen molar-refractivity contribution in [3.05, 3.63) is 33.8 Å². The topological polar surface area (TPSA) is 23.6 Å². The van der Waals surface area contributed by atoms with E-state index < -0.39 is 0 Å². The van der Waals surface area contributed by atoms with E-state index in [9.17, 15) is 4.79 Å². The highest BCUT2D eigenvalue weighted by molar-refractivity contribution is 9.10. The predicted octanol–water partition coefficient (Wildman–Crippen LogP) is 2.92. The normalized spacial score (nSPS) is 19.5. The number of amides is 1. The van der Waals surface area contributed by atoms with Gasteiger partial charge in [0.2, 0.25) is 0 Å². The molecule has 0 spiro atoms. The van der Waals surface area contributed by atoms with Gasteiger partial charge in [-0.1, -0.05) is 22.0 Å². The van der Waals surface area contributed by atoms with Crippen LogP contribution >= 0.6 is 15.9 Å². The standard InChI is InChI=1S/C15H21BrN2O/c1-11-5-6-12(16)9-13(11)14(19)18-8-7-17(4)15(2,3)10-18/h5-6,9H,7-8,10H2,1-4H3. The Kier molecular flexibility index (Phi) is 4.02. The van der Waals surface area contributed by atoms with Gasteiger partial charge in [0.1, 0.15) is 0 Å². The lowest BCUT2D eigenvalue weighted by Crippen LogP contribution is -2.58. The first kappa shape index (κ1) is 14.5. The molecule has 1 saturated heterocycles. The molecule has 0 bridgehead atoms. The van der Waals surface area contributed by atoms with Crippen molar-refractivity contribution in [1.29, 1.82) is 0 Å². The lowest BCUT2D eigenvalue weighted by Gasteiger charge is -2.45. The molecule has 0 unspecified atom stereocenters. The molecular formula is C15H21BrN2O. The zero-order chi connectivity index (χ0) is 14.2. The lowest BCUT2D eigenvalue weighted by atomic mass is 9.98. The Balaban J connectivity index is 2.23. The number of nitrogens with zero attached hydrogens (tertiary/aromatic N) is 2. The summed E-state index contributed by atoms with van der Waals surface area (Å²) in [5.41, 5.74) is 1.87. The highest BCUT2D eigenvalue weighted by Crippen LogP contribution is 2.23. The van der Waals surface area contributed by atoms with Crippen molar-refractivity contribution in [1.82, 2.24) is 9.80 Å². The third-order valence-corrected chi connectivity index (χ3v) is 4.53. The first-order valence-corrected chi connectivity index (χ1v) is 7.37. The Hall–Kier alpha value is -0.870. The van der Waals surface area contributed by atoms with Crippen LogP contribution in [-0.4, -0.2) is 47.9 Å². The Morgan fingerprint density at radius 2 is 2.00 bits per heavy atom. The summed E-state index contributed by atoms with van der Waals surface area (Å²) < 4.78 is 0.954. The maximum absolute atomic E-state index is 12.7. The zero-order valence-electron chi connectivity index (χ0n) is 12.0. The molecule has 4 heteroatoms. The summed E-state index contributed by atoms with van der Waals surface area (Å²) in [6, 6.07) is 5.88. The molecule has 2 rings (SSSR count). The first-order valence-electron chi connectivity index (χ1n) is 6.58. The van der Waals surface area contributed by atoms with Gasteiger partial charge in [0.25, 0.3) is 5.91 Å². The number of aryl methyl sites for hydroxylation is 1. The van der Waals surface area contributed by atoms with Crippen molar-refractivity contribution in [2.45, 2.75) is 26.3 Å². The van der Waals surface area contributed by atoms with E-state index in [0.717, 1.165) is 35.2 Å². The molecular weight excluding hydrogens is 304 g/mol. The predicted molar refractivity (Wildman–Crippen MR) is 81.5 cm³/mol. The second kappa shape index (κ2) is 5.25. The SMILES string of the molecule is Cc1ccc(Br)cc1C(=O)N1CCN(C)C(C)(C)C1. The largest absolute Gasteiger partial charge is 0.336 e. The molecule has 0 N–H and O–H groups in total. The average molecular weight is 325 g/mol. The van der Waals surface area contributed by atoms with Crippen LogP contribution < -0.4 is 0 Å². The minimum atomic E-state index is 0.0355. The molecule has 0 radical (unpaired) electrons. The molecule has 1 heterocycles. The number of piperazine rings is 1. The number of benzene rings is 1. The van der Waals surface area contributed by atoms with Gasteiger partial charge >= 0.3 is 0 Å². The number of carbonyl (C=O) groups excluding carboxylic acids is 1. The molecule has 1 fully saturated rings. The molecule has 1 aliphatic heterocycles. The van der Waals surface area contributed by atoms with Crippen molar-refractivity contribution in [3.63, 3.8) is 0 Å². The molecule has 19 heavy (non-hydrogen) atoms. The van der Waals surface area contributed by atoms with E-state index in [1.165, 1.54) is 0 Å². The monoisotopic (exact) mass is 324 g/mol. The summed E-state index contributed by atoms with van der Waals surface area (Å²) in [6.07, 6.45) is 0. The summed E-state index contributed by atoms with van der Waals surface area (Å²) in [6.45, 7) is 8.84. The lowest BCUT2D eigenvalue weighted by molar-refractivity contribution is 0.0311. The highest BCUT2D eigenvalue weighted by atomic mass is 79.9.